The summed E-state index contributed by atoms with van der Waals surface area (Å²) in [5, 5.41) is -0.260. The predicted molar refractivity (Wildman–Crippen MR) is 69.0 cm³/mol. The van der Waals surface area contributed by atoms with Crippen molar-refractivity contribution in [3.05, 3.63) is 59.2 Å². The first-order valence-corrected chi connectivity index (χ1v) is 5.93. The first kappa shape index (κ1) is 13.4. The van der Waals surface area contributed by atoms with Crippen LogP contribution in [-0.4, -0.2) is 11.3 Å². The van der Waals surface area contributed by atoms with Crippen LogP contribution in [0.25, 0.3) is 22.2 Å². The standard InChI is InChI=1S/C15H7F4NO/c16-7-1-2-8(12(19)5-7)14-9(6-21)13-10(17)3-4-11(18)15(13)20-14/h1-6,20H. The lowest BCUT2D eigenvalue weighted by atomic mass is 10.1. The van der Waals surface area contributed by atoms with E-state index in [1.165, 1.54) is 0 Å². The molecule has 1 heterocycles. The highest BCUT2D eigenvalue weighted by Crippen LogP contribution is 2.33. The highest BCUT2D eigenvalue weighted by Gasteiger charge is 2.20. The number of nitrogens with one attached hydrogen (secondary N) is 1. The van der Waals surface area contributed by atoms with Gasteiger partial charge in [0.15, 0.2) is 6.29 Å². The summed E-state index contributed by atoms with van der Waals surface area (Å²) in [6.45, 7) is 0. The molecule has 6 heteroatoms. The van der Waals surface area contributed by atoms with E-state index in [1.807, 2.05) is 0 Å². The van der Waals surface area contributed by atoms with Crippen molar-refractivity contribution in [1.29, 1.82) is 0 Å². The molecule has 0 aliphatic carbocycles. The molecule has 0 bridgehead atoms. The lowest BCUT2D eigenvalue weighted by molar-refractivity contribution is 0.112. The minimum absolute atomic E-state index is 0.0958. The van der Waals surface area contributed by atoms with Crippen molar-refractivity contribution < 1.29 is 22.4 Å². The highest BCUT2D eigenvalue weighted by atomic mass is 19.1. The normalized spacial score (nSPS) is 11.0. The maximum absolute atomic E-state index is 13.8. The molecule has 0 radical (unpaired) electrons. The number of benzene rings is 2. The van der Waals surface area contributed by atoms with Crippen LogP contribution in [0, 0.1) is 23.3 Å². The Balaban J connectivity index is 2.40. The van der Waals surface area contributed by atoms with E-state index in [2.05, 4.69) is 4.98 Å². The zero-order valence-electron chi connectivity index (χ0n) is 10.4. The summed E-state index contributed by atoms with van der Waals surface area (Å²) in [5.41, 5.74) is -0.696. The second-order valence-corrected chi connectivity index (χ2v) is 4.43. The van der Waals surface area contributed by atoms with Crippen LogP contribution in [0.3, 0.4) is 0 Å². The number of hydrogen-bond acceptors (Lipinski definition) is 1. The van der Waals surface area contributed by atoms with E-state index in [1.54, 1.807) is 0 Å². The van der Waals surface area contributed by atoms with Crippen LogP contribution in [-0.2, 0) is 0 Å². The molecule has 0 spiro atoms. The Morgan fingerprint density at radius 1 is 0.905 bits per heavy atom. The molecule has 3 aromatic rings. The number of aromatic amines is 1. The van der Waals surface area contributed by atoms with Gasteiger partial charge < -0.3 is 4.98 Å². The molecule has 0 aliphatic heterocycles. The maximum atomic E-state index is 13.8. The number of aromatic nitrogens is 1. The van der Waals surface area contributed by atoms with Gasteiger partial charge >= 0.3 is 0 Å². The van der Waals surface area contributed by atoms with Crippen LogP contribution in [0.15, 0.2) is 30.3 Å². The molecule has 2 aromatic carbocycles. The van der Waals surface area contributed by atoms with Crippen molar-refractivity contribution in [2.45, 2.75) is 0 Å². The Kier molecular flexibility index (Phi) is 3.01. The summed E-state index contributed by atoms with van der Waals surface area (Å²) in [6, 6.07) is 4.49. The average molecular weight is 293 g/mol. The number of carbonyl (C=O) groups excluding carboxylic acids is 1. The molecule has 1 aromatic heterocycles. The minimum atomic E-state index is -0.939. The van der Waals surface area contributed by atoms with E-state index in [9.17, 15) is 22.4 Å². The number of carbonyl (C=O) groups is 1. The van der Waals surface area contributed by atoms with Gasteiger partial charge in [-0.15, -0.1) is 0 Å². The average Bonchev–Trinajstić information content (AvgIpc) is 2.83. The summed E-state index contributed by atoms with van der Waals surface area (Å²) >= 11 is 0. The van der Waals surface area contributed by atoms with Gasteiger partial charge in [0, 0.05) is 17.0 Å². The fraction of sp³-hybridized carbons (Fsp3) is 0. The Bertz CT molecular complexity index is 870. The third kappa shape index (κ3) is 1.99. The molecule has 0 atom stereocenters. The third-order valence-corrected chi connectivity index (χ3v) is 3.21. The topological polar surface area (TPSA) is 32.9 Å². The van der Waals surface area contributed by atoms with E-state index in [-0.39, 0.29) is 27.7 Å². The monoisotopic (exact) mass is 293 g/mol. The van der Waals surface area contributed by atoms with E-state index < -0.39 is 23.3 Å². The molecule has 3 rings (SSSR count). The van der Waals surface area contributed by atoms with Crippen LogP contribution < -0.4 is 0 Å². The highest BCUT2D eigenvalue weighted by molar-refractivity contribution is 6.04. The van der Waals surface area contributed by atoms with Gasteiger partial charge in [-0.25, -0.2) is 17.6 Å². The lowest BCUT2D eigenvalue weighted by Gasteiger charge is -2.02. The van der Waals surface area contributed by atoms with Crippen LogP contribution in [0.1, 0.15) is 10.4 Å². The second-order valence-electron chi connectivity index (χ2n) is 4.43. The quantitative estimate of drug-likeness (QED) is 0.557. The van der Waals surface area contributed by atoms with Crippen LogP contribution in [0.5, 0.6) is 0 Å². The Morgan fingerprint density at radius 3 is 2.29 bits per heavy atom. The van der Waals surface area contributed by atoms with Crippen molar-refractivity contribution in [2.24, 2.45) is 0 Å². The summed E-state index contributed by atoms with van der Waals surface area (Å²) in [7, 11) is 0. The summed E-state index contributed by atoms with van der Waals surface area (Å²) in [4.78, 5) is 13.7. The zero-order valence-corrected chi connectivity index (χ0v) is 10.4. The molecule has 0 aliphatic rings. The Labute approximate surface area is 116 Å². The first-order chi connectivity index (χ1) is 10.0. The Morgan fingerprint density at radius 2 is 1.62 bits per heavy atom. The van der Waals surface area contributed by atoms with Gasteiger partial charge in [0.05, 0.1) is 16.8 Å². The molecule has 0 fully saturated rings. The molecule has 106 valence electrons. The van der Waals surface area contributed by atoms with Crippen molar-refractivity contribution in [3.8, 4) is 11.3 Å². The van der Waals surface area contributed by atoms with E-state index in [0.717, 1.165) is 24.3 Å². The van der Waals surface area contributed by atoms with Crippen molar-refractivity contribution in [2.75, 3.05) is 0 Å². The molecule has 0 unspecified atom stereocenters. The van der Waals surface area contributed by atoms with Gasteiger partial charge in [-0.1, -0.05) is 0 Å². The van der Waals surface area contributed by atoms with E-state index in [0.29, 0.717) is 12.4 Å². The SMILES string of the molecule is O=Cc1c(-c2ccc(F)cc2F)[nH]c2c(F)ccc(F)c12. The van der Waals surface area contributed by atoms with Gasteiger partial charge in [-0.05, 0) is 24.3 Å². The lowest BCUT2D eigenvalue weighted by Crippen LogP contribution is -1.90. The first-order valence-electron chi connectivity index (χ1n) is 5.93. The van der Waals surface area contributed by atoms with Gasteiger partial charge in [-0.2, -0.15) is 0 Å². The molecule has 21 heavy (non-hydrogen) atoms. The van der Waals surface area contributed by atoms with Crippen molar-refractivity contribution in [1.82, 2.24) is 4.98 Å². The molecular weight excluding hydrogens is 286 g/mol. The second kappa shape index (κ2) is 4.73. The molecule has 0 saturated heterocycles. The number of rotatable bonds is 2. The number of hydrogen-bond donors (Lipinski definition) is 1. The fourth-order valence-corrected chi connectivity index (χ4v) is 2.28. The van der Waals surface area contributed by atoms with E-state index in [4.69, 9.17) is 0 Å². The number of halogens is 4. The predicted octanol–water partition coefficient (Wildman–Crippen LogP) is 4.20. The van der Waals surface area contributed by atoms with Crippen LogP contribution >= 0.6 is 0 Å². The van der Waals surface area contributed by atoms with Gasteiger partial charge in [0.25, 0.3) is 0 Å². The number of fused-ring (bicyclic) bond motifs is 1. The maximum Gasteiger partial charge on any atom is 0.152 e. The zero-order chi connectivity index (χ0) is 15.1. The number of aldehydes is 1. The Hall–Kier alpha value is -2.63. The molecule has 0 amide bonds. The summed E-state index contributed by atoms with van der Waals surface area (Å²) < 4.78 is 54.3. The minimum Gasteiger partial charge on any atom is -0.351 e. The summed E-state index contributed by atoms with van der Waals surface area (Å²) in [6.07, 6.45) is 0.305. The van der Waals surface area contributed by atoms with Crippen molar-refractivity contribution >= 4 is 17.2 Å². The number of H-pyrrole nitrogens is 1. The van der Waals surface area contributed by atoms with Crippen molar-refractivity contribution in [3.63, 3.8) is 0 Å². The van der Waals surface area contributed by atoms with E-state index >= 15 is 0 Å². The van der Waals surface area contributed by atoms with Gasteiger partial charge in [0.1, 0.15) is 23.3 Å². The van der Waals surface area contributed by atoms with Crippen LogP contribution in [0.2, 0.25) is 0 Å². The fourth-order valence-electron chi connectivity index (χ4n) is 2.28. The largest absolute Gasteiger partial charge is 0.351 e. The molecule has 0 saturated carbocycles. The smallest absolute Gasteiger partial charge is 0.152 e. The molecule has 1 N–H and O–H groups in total. The van der Waals surface area contributed by atoms with Gasteiger partial charge in [0.2, 0.25) is 0 Å². The molecular formula is C15H7F4NO. The van der Waals surface area contributed by atoms with Crippen LogP contribution in [0.4, 0.5) is 17.6 Å². The molecule has 2 nitrogen and oxygen atoms in total. The third-order valence-electron chi connectivity index (χ3n) is 3.21. The van der Waals surface area contributed by atoms with Gasteiger partial charge in [-0.3, -0.25) is 4.79 Å². The summed E-state index contributed by atoms with van der Waals surface area (Å²) in [5.74, 6) is -3.32.